The summed E-state index contributed by atoms with van der Waals surface area (Å²) in [4.78, 5) is 10.9. The number of ether oxygens (including phenoxy) is 2. The van der Waals surface area contributed by atoms with Crippen LogP contribution in [0.3, 0.4) is 0 Å². The van der Waals surface area contributed by atoms with E-state index < -0.39 is 0 Å². The number of aromatic nitrogens is 5. The zero-order chi connectivity index (χ0) is 19.2. The smallest absolute Gasteiger partial charge is 0.302 e. The highest BCUT2D eigenvalue weighted by Crippen LogP contribution is 2.21. The van der Waals surface area contributed by atoms with Crippen molar-refractivity contribution in [3.8, 4) is 17.3 Å². The third-order valence-electron chi connectivity index (χ3n) is 3.98. The molecule has 2 aromatic heterocycles. The number of nitrogens with two attached hydrogens (primary N) is 1. The predicted octanol–water partition coefficient (Wildman–Crippen LogP) is 1.73. The van der Waals surface area contributed by atoms with Crippen LogP contribution in [0.2, 0.25) is 0 Å². The highest BCUT2D eigenvalue weighted by atomic mass is 16.5. The molecule has 0 saturated carbocycles. The number of nitrogen functional groups attached to an aromatic ring is 1. The number of benzene rings is 1. The first-order valence-electron chi connectivity index (χ1n) is 8.54. The predicted molar refractivity (Wildman–Crippen MR) is 99.0 cm³/mol. The fraction of sp³-hybridized carbons (Fsp3) is 0.333. The molecule has 9 heteroatoms. The second kappa shape index (κ2) is 8.35. The van der Waals surface area contributed by atoms with Crippen molar-refractivity contribution in [2.75, 3.05) is 19.5 Å². The highest BCUT2D eigenvalue weighted by molar-refractivity contribution is 5.65. The lowest BCUT2D eigenvalue weighted by atomic mass is 10.2. The van der Waals surface area contributed by atoms with E-state index in [-0.39, 0.29) is 5.97 Å². The lowest BCUT2D eigenvalue weighted by Crippen LogP contribution is -2.10. The summed E-state index contributed by atoms with van der Waals surface area (Å²) in [6.07, 6.45) is 2.30. The lowest BCUT2D eigenvalue weighted by molar-refractivity contribution is -0.141. The number of nitrogens with zero attached hydrogens (tertiary/aromatic N) is 5. The van der Waals surface area contributed by atoms with Crippen LogP contribution in [0, 0.1) is 0 Å². The molecule has 0 fully saturated rings. The highest BCUT2D eigenvalue weighted by Gasteiger charge is 2.15. The molecule has 0 aliphatic heterocycles. The van der Waals surface area contributed by atoms with Gasteiger partial charge in [0.15, 0.2) is 5.82 Å². The standard InChI is InChI=1S/C18H22N6O3/c1-13(25)27-9-3-8-24-16(10-17(19)22-24)18-21-20-12-23(18)11-14-4-6-15(26-2)7-5-14/h4-7,10,12H,3,8-9,11H2,1-2H3,(H2,19,22). The number of hydrogen-bond acceptors (Lipinski definition) is 7. The molecule has 3 rings (SSSR count). The molecule has 0 amide bonds. The van der Waals surface area contributed by atoms with Crippen LogP contribution in [0.5, 0.6) is 5.75 Å². The van der Waals surface area contributed by atoms with Crippen molar-refractivity contribution < 1.29 is 14.3 Å². The maximum atomic E-state index is 10.9. The Morgan fingerprint density at radius 2 is 2.04 bits per heavy atom. The molecule has 0 unspecified atom stereocenters. The van der Waals surface area contributed by atoms with Crippen molar-refractivity contribution in [2.45, 2.75) is 26.4 Å². The largest absolute Gasteiger partial charge is 0.497 e. The molecule has 142 valence electrons. The molecule has 0 aliphatic rings. The van der Waals surface area contributed by atoms with Crippen molar-refractivity contribution in [3.05, 3.63) is 42.2 Å². The van der Waals surface area contributed by atoms with E-state index in [1.54, 1.807) is 24.2 Å². The summed E-state index contributed by atoms with van der Waals surface area (Å²) >= 11 is 0. The number of carbonyl (C=O) groups excluding carboxylic acids is 1. The molecule has 3 aromatic rings. The second-order valence-corrected chi connectivity index (χ2v) is 6.00. The topological polar surface area (TPSA) is 110 Å². The molecule has 27 heavy (non-hydrogen) atoms. The van der Waals surface area contributed by atoms with E-state index in [2.05, 4.69) is 15.3 Å². The molecule has 2 heterocycles. The van der Waals surface area contributed by atoms with Crippen LogP contribution in [0.1, 0.15) is 18.9 Å². The Hall–Kier alpha value is -3.36. The van der Waals surface area contributed by atoms with Crippen molar-refractivity contribution in [1.29, 1.82) is 0 Å². The van der Waals surface area contributed by atoms with Gasteiger partial charge in [-0.05, 0) is 17.7 Å². The van der Waals surface area contributed by atoms with Gasteiger partial charge in [-0.1, -0.05) is 12.1 Å². The third-order valence-corrected chi connectivity index (χ3v) is 3.98. The van der Waals surface area contributed by atoms with E-state index in [0.29, 0.717) is 37.8 Å². The van der Waals surface area contributed by atoms with Crippen molar-refractivity contribution in [1.82, 2.24) is 24.5 Å². The van der Waals surface area contributed by atoms with Gasteiger partial charge in [-0.2, -0.15) is 5.10 Å². The Labute approximate surface area is 156 Å². The molecule has 0 bridgehead atoms. The molecular weight excluding hydrogens is 348 g/mol. The molecule has 1 aromatic carbocycles. The SMILES string of the molecule is COc1ccc(Cn2cnnc2-c2cc(N)nn2CCCOC(C)=O)cc1. The fourth-order valence-corrected chi connectivity index (χ4v) is 2.71. The maximum absolute atomic E-state index is 10.9. The molecule has 9 nitrogen and oxygen atoms in total. The van der Waals surface area contributed by atoms with Crippen LogP contribution < -0.4 is 10.5 Å². The van der Waals surface area contributed by atoms with Crippen LogP contribution in [0.15, 0.2) is 36.7 Å². The van der Waals surface area contributed by atoms with E-state index in [1.807, 2.05) is 28.8 Å². The van der Waals surface area contributed by atoms with Gasteiger partial charge in [0, 0.05) is 26.0 Å². The van der Waals surface area contributed by atoms with E-state index in [4.69, 9.17) is 15.2 Å². The van der Waals surface area contributed by atoms with Crippen molar-refractivity contribution >= 4 is 11.8 Å². The average molecular weight is 370 g/mol. The molecular formula is C18H22N6O3. The summed E-state index contributed by atoms with van der Waals surface area (Å²) in [5.41, 5.74) is 7.74. The van der Waals surface area contributed by atoms with Crippen LogP contribution in [-0.2, 0) is 22.6 Å². The minimum atomic E-state index is -0.297. The summed E-state index contributed by atoms with van der Waals surface area (Å²) < 4.78 is 13.8. The summed E-state index contributed by atoms with van der Waals surface area (Å²) in [5.74, 6) is 1.58. The lowest BCUT2D eigenvalue weighted by Gasteiger charge is -2.10. The Morgan fingerprint density at radius 1 is 1.26 bits per heavy atom. The van der Waals surface area contributed by atoms with Crippen LogP contribution in [0.4, 0.5) is 5.82 Å². The molecule has 2 N–H and O–H groups in total. The van der Waals surface area contributed by atoms with E-state index in [9.17, 15) is 4.79 Å². The number of hydrogen-bond donors (Lipinski definition) is 1. The fourth-order valence-electron chi connectivity index (χ4n) is 2.71. The van der Waals surface area contributed by atoms with E-state index in [0.717, 1.165) is 17.0 Å². The van der Waals surface area contributed by atoms with Crippen molar-refractivity contribution in [3.63, 3.8) is 0 Å². The second-order valence-electron chi connectivity index (χ2n) is 6.00. The summed E-state index contributed by atoms with van der Waals surface area (Å²) in [7, 11) is 1.64. The Kier molecular flexibility index (Phi) is 5.70. The minimum absolute atomic E-state index is 0.297. The molecule has 0 spiro atoms. The first-order chi connectivity index (χ1) is 13.1. The molecule has 0 aliphatic carbocycles. The number of rotatable bonds is 8. The van der Waals surface area contributed by atoms with E-state index in [1.165, 1.54) is 6.92 Å². The number of esters is 1. The van der Waals surface area contributed by atoms with Crippen molar-refractivity contribution in [2.24, 2.45) is 0 Å². The van der Waals surface area contributed by atoms with Crippen LogP contribution >= 0.6 is 0 Å². The Bertz CT molecular complexity index is 900. The van der Waals surface area contributed by atoms with Gasteiger partial charge < -0.3 is 19.8 Å². The summed E-state index contributed by atoms with van der Waals surface area (Å²) in [6.45, 7) is 2.87. The first-order valence-corrected chi connectivity index (χ1v) is 8.54. The first kappa shape index (κ1) is 18.4. The minimum Gasteiger partial charge on any atom is -0.497 e. The Balaban J connectivity index is 1.77. The van der Waals surface area contributed by atoms with Gasteiger partial charge in [0.25, 0.3) is 0 Å². The molecule has 0 saturated heterocycles. The van der Waals surface area contributed by atoms with Gasteiger partial charge in [0.2, 0.25) is 0 Å². The monoisotopic (exact) mass is 370 g/mol. The Morgan fingerprint density at radius 3 is 2.74 bits per heavy atom. The molecule has 0 radical (unpaired) electrons. The molecule has 0 atom stereocenters. The number of carbonyl (C=O) groups is 1. The normalized spacial score (nSPS) is 10.7. The number of anilines is 1. The van der Waals surface area contributed by atoms with Gasteiger partial charge in [0.05, 0.1) is 20.3 Å². The van der Waals surface area contributed by atoms with Crippen LogP contribution in [-0.4, -0.2) is 44.2 Å². The van der Waals surface area contributed by atoms with Gasteiger partial charge in [-0.3, -0.25) is 9.48 Å². The quantitative estimate of drug-likeness (QED) is 0.475. The van der Waals surface area contributed by atoms with E-state index >= 15 is 0 Å². The zero-order valence-corrected chi connectivity index (χ0v) is 15.3. The summed E-state index contributed by atoms with van der Waals surface area (Å²) in [5, 5.41) is 12.6. The number of methoxy groups -OCH3 is 1. The summed E-state index contributed by atoms with van der Waals surface area (Å²) in [6, 6.07) is 9.58. The maximum Gasteiger partial charge on any atom is 0.302 e. The van der Waals surface area contributed by atoms with Gasteiger partial charge >= 0.3 is 5.97 Å². The third kappa shape index (κ3) is 4.63. The van der Waals surface area contributed by atoms with Gasteiger partial charge in [-0.25, -0.2) is 0 Å². The van der Waals surface area contributed by atoms with Gasteiger partial charge in [-0.15, -0.1) is 10.2 Å². The number of aryl methyl sites for hydroxylation is 1. The van der Waals surface area contributed by atoms with Crippen LogP contribution in [0.25, 0.3) is 11.5 Å². The average Bonchev–Trinajstić information content (AvgIpc) is 3.25. The van der Waals surface area contributed by atoms with Gasteiger partial charge in [0.1, 0.15) is 23.6 Å². The zero-order valence-electron chi connectivity index (χ0n) is 15.3.